The van der Waals surface area contributed by atoms with Crippen molar-refractivity contribution < 1.29 is 14.6 Å². The Balaban J connectivity index is 2.67. The SMILES string of the molecule is COc1cccc(CN)c1OCCCCO. The van der Waals surface area contributed by atoms with Crippen molar-refractivity contribution in [3.05, 3.63) is 23.8 Å². The summed E-state index contributed by atoms with van der Waals surface area (Å²) in [6.45, 7) is 1.18. The fourth-order valence-electron chi connectivity index (χ4n) is 1.43. The van der Waals surface area contributed by atoms with Crippen LogP contribution in [0.5, 0.6) is 11.5 Å². The fraction of sp³-hybridized carbons (Fsp3) is 0.500. The molecule has 0 aliphatic carbocycles. The smallest absolute Gasteiger partial charge is 0.165 e. The number of aliphatic hydroxyl groups excluding tert-OH is 1. The van der Waals surface area contributed by atoms with Crippen molar-refractivity contribution in [1.82, 2.24) is 0 Å². The van der Waals surface area contributed by atoms with Gasteiger partial charge in [0.2, 0.25) is 0 Å². The van der Waals surface area contributed by atoms with Crippen molar-refractivity contribution in [2.45, 2.75) is 19.4 Å². The third kappa shape index (κ3) is 3.40. The first-order valence-electron chi connectivity index (χ1n) is 5.43. The molecule has 0 amide bonds. The lowest BCUT2D eigenvalue weighted by Crippen LogP contribution is -2.05. The fourth-order valence-corrected chi connectivity index (χ4v) is 1.43. The van der Waals surface area contributed by atoms with Gasteiger partial charge in [-0.3, -0.25) is 0 Å². The van der Waals surface area contributed by atoms with E-state index < -0.39 is 0 Å². The molecule has 4 heteroatoms. The minimum Gasteiger partial charge on any atom is -0.493 e. The number of rotatable bonds is 7. The van der Waals surface area contributed by atoms with E-state index in [4.69, 9.17) is 20.3 Å². The van der Waals surface area contributed by atoms with Crippen molar-refractivity contribution in [3.8, 4) is 11.5 Å². The predicted molar refractivity (Wildman–Crippen MR) is 62.7 cm³/mol. The summed E-state index contributed by atoms with van der Waals surface area (Å²) in [5.74, 6) is 1.41. The second kappa shape index (κ2) is 7.09. The van der Waals surface area contributed by atoms with Gasteiger partial charge in [0, 0.05) is 18.7 Å². The number of hydrogen-bond donors (Lipinski definition) is 2. The molecule has 16 heavy (non-hydrogen) atoms. The maximum Gasteiger partial charge on any atom is 0.165 e. The zero-order valence-electron chi connectivity index (χ0n) is 9.61. The first-order valence-corrected chi connectivity index (χ1v) is 5.43. The molecule has 1 rings (SSSR count). The van der Waals surface area contributed by atoms with E-state index >= 15 is 0 Å². The Morgan fingerprint density at radius 2 is 2.12 bits per heavy atom. The van der Waals surface area contributed by atoms with Gasteiger partial charge in [0.15, 0.2) is 11.5 Å². The van der Waals surface area contributed by atoms with Crippen LogP contribution in [0.3, 0.4) is 0 Å². The normalized spacial score (nSPS) is 10.2. The molecule has 90 valence electrons. The van der Waals surface area contributed by atoms with Crippen LogP contribution in [0.25, 0.3) is 0 Å². The number of unbranched alkanes of at least 4 members (excludes halogenated alkanes) is 1. The van der Waals surface area contributed by atoms with Gasteiger partial charge >= 0.3 is 0 Å². The molecule has 0 unspecified atom stereocenters. The highest BCUT2D eigenvalue weighted by Crippen LogP contribution is 2.30. The summed E-state index contributed by atoms with van der Waals surface area (Å²) in [6.07, 6.45) is 1.56. The molecule has 0 bridgehead atoms. The minimum atomic E-state index is 0.193. The monoisotopic (exact) mass is 225 g/mol. The van der Waals surface area contributed by atoms with Gasteiger partial charge in [0.25, 0.3) is 0 Å². The summed E-state index contributed by atoms with van der Waals surface area (Å²) < 4.78 is 10.9. The topological polar surface area (TPSA) is 64.7 Å². The molecule has 0 saturated heterocycles. The quantitative estimate of drug-likeness (QED) is 0.687. The molecule has 3 N–H and O–H groups in total. The van der Waals surface area contributed by atoms with Crippen LogP contribution in [-0.4, -0.2) is 25.4 Å². The molecule has 1 aromatic rings. The first-order chi connectivity index (χ1) is 7.83. The van der Waals surface area contributed by atoms with Crippen LogP contribution in [0.4, 0.5) is 0 Å². The molecule has 0 spiro atoms. The molecule has 0 aromatic heterocycles. The third-order valence-corrected chi connectivity index (χ3v) is 2.30. The Bertz CT molecular complexity index is 293. The van der Waals surface area contributed by atoms with Crippen LogP contribution >= 0.6 is 0 Å². The molecule has 0 heterocycles. The van der Waals surface area contributed by atoms with Crippen molar-refractivity contribution in [1.29, 1.82) is 0 Å². The Labute approximate surface area is 96.0 Å². The first kappa shape index (κ1) is 12.8. The van der Waals surface area contributed by atoms with E-state index in [0.717, 1.165) is 18.4 Å². The number of para-hydroxylation sites is 1. The summed E-state index contributed by atoms with van der Waals surface area (Å²) in [4.78, 5) is 0. The molecule has 0 atom stereocenters. The summed E-state index contributed by atoms with van der Waals surface area (Å²) >= 11 is 0. The van der Waals surface area contributed by atoms with Gasteiger partial charge in [-0.1, -0.05) is 12.1 Å². The van der Waals surface area contributed by atoms with Crippen LogP contribution < -0.4 is 15.2 Å². The van der Waals surface area contributed by atoms with Crippen molar-refractivity contribution in [3.63, 3.8) is 0 Å². The van der Waals surface area contributed by atoms with Gasteiger partial charge in [-0.05, 0) is 18.9 Å². The predicted octanol–water partition coefficient (Wildman–Crippen LogP) is 1.31. The van der Waals surface area contributed by atoms with Crippen LogP contribution in [-0.2, 0) is 6.54 Å². The van der Waals surface area contributed by atoms with E-state index in [1.54, 1.807) is 7.11 Å². The van der Waals surface area contributed by atoms with E-state index in [-0.39, 0.29) is 6.61 Å². The number of hydrogen-bond acceptors (Lipinski definition) is 4. The molecule has 0 saturated carbocycles. The number of ether oxygens (including phenoxy) is 2. The zero-order chi connectivity index (χ0) is 11.8. The maximum atomic E-state index is 8.66. The van der Waals surface area contributed by atoms with Gasteiger partial charge in [0.1, 0.15) is 0 Å². The molecule has 0 radical (unpaired) electrons. The Morgan fingerprint density at radius 1 is 1.31 bits per heavy atom. The highest BCUT2D eigenvalue weighted by atomic mass is 16.5. The average molecular weight is 225 g/mol. The number of benzene rings is 1. The highest BCUT2D eigenvalue weighted by molar-refractivity contribution is 5.46. The Kier molecular flexibility index (Phi) is 5.67. The van der Waals surface area contributed by atoms with E-state index in [0.29, 0.717) is 24.7 Å². The lowest BCUT2D eigenvalue weighted by Gasteiger charge is -2.13. The second-order valence-electron chi connectivity index (χ2n) is 3.43. The molecular formula is C12H19NO3. The lowest BCUT2D eigenvalue weighted by atomic mass is 10.2. The summed E-state index contributed by atoms with van der Waals surface area (Å²) in [5.41, 5.74) is 6.56. The average Bonchev–Trinajstić information content (AvgIpc) is 2.34. The van der Waals surface area contributed by atoms with Crippen LogP contribution in [0.2, 0.25) is 0 Å². The molecule has 1 aromatic carbocycles. The highest BCUT2D eigenvalue weighted by Gasteiger charge is 2.08. The largest absolute Gasteiger partial charge is 0.493 e. The molecule has 4 nitrogen and oxygen atoms in total. The number of methoxy groups -OCH3 is 1. The minimum absolute atomic E-state index is 0.193. The van der Waals surface area contributed by atoms with Crippen molar-refractivity contribution in [2.24, 2.45) is 5.73 Å². The van der Waals surface area contributed by atoms with Crippen LogP contribution in [0, 0.1) is 0 Å². The second-order valence-corrected chi connectivity index (χ2v) is 3.43. The van der Waals surface area contributed by atoms with E-state index in [1.807, 2.05) is 18.2 Å². The van der Waals surface area contributed by atoms with Gasteiger partial charge in [-0.25, -0.2) is 0 Å². The summed E-state index contributed by atoms with van der Waals surface area (Å²) in [6, 6.07) is 5.66. The van der Waals surface area contributed by atoms with Gasteiger partial charge in [-0.15, -0.1) is 0 Å². The molecule has 0 fully saturated rings. The van der Waals surface area contributed by atoms with E-state index in [1.165, 1.54) is 0 Å². The maximum absolute atomic E-state index is 8.66. The molecule has 0 aliphatic heterocycles. The summed E-state index contributed by atoms with van der Waals surface area (Å²) in [7, 11) is 1.61. The molecule has 0 aliphatic rings. The van der Waals surface area contributed by atoms with Gasteiger partial charge < -0.3 is 20.3 Å². The lowest BCUT2D eigenvalue weighted by molar-refractivity contribution is 0.246. The Hall–Kier alpha value is -1.26. The van der Waals surface area contributed by atoms with Crippen molar-refractivity contribution >= 4 is 0 Å². The zero-order valence-corrected chi connectivity index (χ0v) is 9.61. The van der Waals surface area contributed by atoms with Gasteiger partial charge in [-0.2, -0.15) is 0 Å². The van der Waals surface area contributed by atoms with Crippen LogP contribution in [0.15, 0.2) is 18.2 Å². The third-order valence-electron chi connectivity index (χ3n) is 2.30. The molecular weight excluding hydrogens is 206 g/mol. The Morgan fingerprint density at radius 3 is 2.75 bits per heavy atom. The van der Waals surface area contributed by atoms with Crippen LogP contribution in [0.1, 0.15) is 18.4 Å². The number of nitrogens with two attached hydrogens (primary N) is 1. The van der Waals surface area contributed by atoms with E-state index in [9.17, 15) is 0 Å². The van der Waals surface area contributed by atoms with Crippen molar-refractivity contribution in [2.75, 3.05) is 20.3 Å². The summed E-state index contributed by atoms with van der Waals surface area (Å²) in [5, 5.41) is 8.66. The standard InChI is InChI=1S/C12H19NO3/c1-15-11-6-4-5-10(9-13)12(11)16-8-3-2-7-14/h4-6,14H,2-3,7-9,13H2,1H3. The van der Waals surface area contributed by atoms with Gasteiger partial charge in [0.05, 0.1) is 13.7 Å². The number of aliphatic hydroxyl groups is 1. The van der Waals surface area contributed by atoms with E-state index in [2.05, 4.69) is 0 Å².